The Bertz CT molecular complexity index is 1040. The number of ether oxygens (including phenoxy) is 1. The highest BCUT2D eigenvalue weighted by atomic mass is 16.5. The van der Waals surface area contributed by atoms with E-state index in [4.69, 9.17) is 20.1 Å². The molecule has 1 aliphatic carbocycles. The average Bonchev–Trinajstić information content (AvgIpc) is 3.50. The van der Waals surface area contributed by atoms with Crippen molar-refractivity contribution in [3.63, 3.8) is 0 Å². The third-order valence-corrected chi connectivity index (χ3v) is 4.65. The Morgan fingerprint density at radius 1 is 1.22 bits per heavy atom. The minimum atomic E-state index is 0.00290. The van der Waals surface area contributed by atoms with Gasteiger partial charge in [0.05, 0.1) is 18.3 Å². The van der Waals surface area contributed by atoms with Crippen LogP contribution in [0, 0.1) is 11.3 Å². The molecule has 0 saturated carbocycles. The second-order valence-corrected chi connectivity index (χ2v) is 7.22. The molecule has 0 atom stereocenters. The van der Waals surface area contributed by atoms with Gasteiger partial charge in [-0.2, -0.15) is 10.2 Å². The van der Waals surface area contributed by atoms with Crippen LogP contribution in [0.15, 0.2) is 40.9 Å². The Morgan fingerprint density at radius 2 is 1.97 bits per heavy atom. The highest BCUT2D eigenvalue weighted by molar-refractivity contribution is 5.66. The number of nitrogens with zero attached hydrogens (tertiary/aromatic N) is 3. The number of hydrogen-bond acceptors (Lipinski definition) is 7. The number of hydrogen-bond donors (Lipinski definition) is 2. The lowest BCUT2D eigenvalue weighted by atomic mass is 10.0. The minimum Gasteiger partial charge on any atom is -0.490 e. The van der Waals surface area contributed by atoms with Gasteiger partial charge < -0.3 is 20.1 Å². The largest absolute Gasteiger partial charge is 0.490 e. The van der Waals surface area contributed by atoms with Gasteiger partial charge in [-0.25, -0.2) is 0 Å². The summed E-state index contributed by atoms with van der Waals surface area (Å²) < 4.78 is 11.1. The third kappa shape index (κ3) is 6.16. The maximum atomic E-state index is 9.40. The van der Waals surface area contributed by atoms with Gasteiger partial charge in [-0.3, -0.25) is 0 Å². The van der Waals surface area contributed by atoms with Crippen LogP contribution in [0.4, 0.5) is 0 Å². The topological polar surface area (TPSA) is 118 Å². The number of aliphatic hydroxyl groups excluding tert-OH is 1. The number of aryl methyl sites for hydroxylation is 1. The lowest BCUT2D eigenvalue weighted by Crippen LogP contribution is -2.06. The van der Waals surface area contributed by atoms with Crippen molar-refractivity contribution in [3.05, 3.63) is 53.1 Å². The summed E-state index contributed by atoms with van der Waals surface area (Å²) in [6.45, 7) is 8.33. The molecule has 0 spiro atoms. The van der Waals surface area contributed by atoms with Crippen molar-refractivity contribution in [1.82, 2.24) is 10.1 Å². The summed E-state index contributed by atoms with van der Waals surface area (Å²) in [4.78, 5) is 4.57. The van der Waals surface area contributed by atoms with Gasteiger partial charge in [0.25, 0.3) is 5.89 Å². The molecule has 0 fully saturated rings. The fourth-order valence-corrected chi connectivity index (χ4v) is 3.39. The van der Waals surface area contributed by atoms with Crippen LogP contribution in [0.25, 0.3) is 22.8 Å². The van der Waals surface area contributed by atoms with Crippen LogP contribution in [-0.4, -0.2) is 34.5 Å². The molecule has 2 aromatic carbocycles. The molecule has 32 heavy (non-hydrogen) atoms. The van der Waals surface area contributed by atoms with Gasteiger partial charge in [0, 0.05) is 17.7 Å². The number of rotatable bonds is 5. The quantitative estimate of drug-likeness (QED) is 0.604. The summed E-state index contributed by atoms with van der Waals surface area (Å²) in [6.07, 6.45) is 3.33. The number of nitriles is 1. The molecule has 4 rings (SSSR count). The van der Waals surface area contributed by atoms with E-state index in [0.29, 0.717) is 35.1 Å². The molecular formula is C25H32N4O3. The molecule has 7 heteroatoms. The standard InChI is InChI=1S/C21H19N3O2.C2H7NO.C2H6/c1-13(2)25-19-10-9-15(11-16(19)12-22)21-23-20(24-26-21)18-8-4-6-14-5-3-7-17(14)18;3-1-2-4;1-2/h4,6,8-11,13H,3,5,7H2,1-2H3;4H,1-3H2;1-2H3. The molecule has 0 bridgehead atoms. The van der Waals surface area contributed by atoms with Crippen molar-refractivity contribution in [3.8, 4) is 34.7 Å². The van der Waals surface area contributed by atoms with Gasteiger partial charge in [0.2, 0.25) is 5.82 Å². The highest BCUT2D eigenvalue weighted by Gasteiger charge is 2.19. The van der Waals surface area contributed by atoms with E-state index in [9.17, 15) is 5.26 Å². The van der Waals surface area contributed by atoms with Crippen LogP contribution in [0.2, 0.25) is 0 Å². The van der Waals surface area contributed by atoms with Crippen molar-refractivity contribution >= 4 is 0 Å². The lowest BCUT2D eigenvalue weighted by molar-refractivity contribution is 0.241. The number of nitrogens with two attached hydrogens (primary N) is 1. The Balaban J connectivity index is 0.000000547. The van der Waals surface area contributed by atoms with E-state index in [1.807, 2.05) is 45.9 Å². The van der Waals surface area contributed by atoms with Crippen LogP contribution < -0.4 is 10.5 Å². The van der Waals surface area contributed by atoms with E-state index in [1.54, 1.807) is 12.1 Å². The van der Waals surface area contributed by atoms with Crippen molar-refractivity contribution in [2.75, 3.05) is 13.2 Å². The second-order valence-electron chi connectivity index (χ2n) is 7.22. The molecule has 7 nitrogen and oxygen atoms in total. The van der Waals surface area contributed by atoms with Crippen LogP contribution in [0.5, 0.6) is 5.75 Å². The van der Waals surface area contributed by atoms with E-state index < -0.39 is 0 Å². The number of aliphatic hydroxyl groups is 1. The Morgan fingerprint density at radius 3 is 2.62 bits per heavy atom. The van der Waals surface area contributed by atoms with Crippen molar-refractivity contribution < 1.29 is 14.4 Å². The fourth-order valence-electron chi connectivity index (χ4n) is 3.39. The first-order valence-electron chi connectivity index (χ1n) is 11.0. The Labute approximate surface area is 189 Å². The average molecular weight is 437 g/mol. The predicted molar refractivity (Wildman–Crippen MR) is 125 cm³/mol. The number of benzene rings is 2. The molecule has 0 radical (unpaired) electrons. The van der Waals surface area contributed by atoms with E-state index in [-0.39, 0.29) is 12.7 Å². The Hall–Kier alpha value is -3.21. The first kappa shape index (κ1) is 25.1. The molecule has 0 unspecified atom stereocenters. The summed E-state index contributed by atoms with van der Waals surface area (Å²) in [5, 5.41) is 21.3. The Kier molecular flexibility index (Phi) is 9.86. The van der Waals surface area contributed by atoms with Crippen molar-refractivity contribution in [2.24, 2.45) is 5.73 Å². The van der Waals surface area contributed by atoms with Gasteiger partial charge in [0.1, 0.15) is 11.8 Å². The summed E-state index contributed by atoms with van der Waals surface area (Å²) in [5.74, 6) is 1.56. The normalized spacial score (nSPS) is 11.6. The van der Waals surface area contributed by atoms with Gasteiger partial charge in [-0.15, -0.1) is 0 Å². The molecule has 3 aromatic rings. The fraction of sp³-hybridized carbons (Fsp3) is 0.400. The van der Waals surface area contributed by atoms with Crippen LogP contribution in [-0.2, 0) is 12.8 Å². The first-order chi connectivity index (χ1) is 15.6. The zero-order valence-electron chi connectivity index (χ0n) is 19.3. The zero-order chi connectivity index (χ0) is 23.5. The second kappa shape index (κ2) is 12.6. The zero-order valence-corrected chi connectivity index (χ0v) is 19.3. The first-order valence-corrected chi connectivity index (χ1v) is 11.0. The molecule has 0 aliphatic heterocycles. The SMILES string of the molecule is CC.CC(C)Oc1ccc(-c2nc(-c3cccc4c3CCC4)no2)cc1C#N.NCCO. The molecular weight excluding hydrogens is 404 g/mol. The van der Waals surface area contributed by atoms with E-state index in [0.717, 1.165) is 18.4 Å². The summed E-state index contributed by atoms with van der Waals surface area (Å²) in [7, 11) is 0. The monoisotopic (exact) mass is 436 g/mol. The summed E-state index contributed by atoms with van der Waals surface area (Å²) >= 11 is 0. The van der Waals surface area contributed by atoms with Crippen molar-refractivity contribution in [2.45, 2.75) is 53.1 Å². The molecule has 1 heterocycles. The van der Waals surface area contributed by atoms with Gasteiger partial charge in [-0.05, 0) is 62.4 Å². The maximum absolute atomic E-state index is 9.40. The van der Waals surface area contributed by atoms with E-state index >= 15 is 0 Å². The van der Waals surface area contributed by atoms with Crippen molar-refractivity contribution in [1.29, 1.82) is 5.26 Å². The van der Waals surface area contributed by atoms with Gasteiger partial charge >= 0.3 is 0 Å². The third-order valence-electron chi connectivity index (χ3n) is 4.65. The number of aromatic nitrogens is 2. The predicted octanol–water partition coefficient (Wildman–Crippen LogP) is 4.51. The van der Waals surface area contributed by atoms with Gasteiger partial charge in [0.15, 0.2) is 0 Å². The highest BCUT2D eigenvalue weighted by Crippen LogP contribution is 2.32. The smallest absolute Gasteiger partial charge is 0.258 e. The molecule has 1 aliphatic rings. The van der Waals surface area contributed by atoms with Crippen LogP contribution in [0.3, 0.4) is 0 Å². The van der Waals surface area contributed by atoms with Crippen LogP contribution >= 0.6 is 0 Å². The summed E-state index contributed by atoms with van der Waals surface area (Å²) in [5.41, 5.74) is 9.67. The van der Waals surface area contributed by atoms with E-state index in [2.05, 4.69) is 22.3 Å². The van der Waals surface area contributed by atoms with Gasteiger partial charge in [-0.1, -0.05) is 37.2 Å². The van der Waals surface area contributed by atoms with Crippen LogP contribution in [0.1, 0.15) is 50.8 Å². The van der Waals surface area contributed by atoms with E-state index in [1.165, 1.54) is 17.5 Å². The molecule has 3 N–H and O–H groups in total. The lowest BCUT2D eigenvalue weighted by Gasteiger charge is -2.11. The summed E-state index contributed by atoms with van der Waals surface area (Å²) in [6, 6.07) is 13.8. The molecule has 170 valence electrons. The molecule has 1 aromatic heterocycles. The number of fused-ring (bicyclic) bond motifs is 1. The molecule has 0 amide bonds. The maximum Gasteiger partial charge on any atom is 0.258 e. The molecule has 0 saturated heterocycles. The minimum absolute atomic E-state index is 0.00290.